The van der Waals surface area contributed by atoms with Gasteiger partial charge in [-0.3, -0.25) is 9.59 Å². The molecule has 4 aliphatic rings. The van der Waals surface area contributed by atoms with Crippen LogP contribution in [0.15, 0.2) is 72.8 Å². The van der Waals surface area contributed by atoms with Crippen LogP contribution in [-0.2, 0) is 41.6 Å². The summed E-state index contributed by atoms with van der Waals surface area (Å²) in [5.74, 6) is -6.72. The van der Waals surface area contributed by atoms with E-state index in [2.05, 4.69) is 5.32 Å². The predicted molar refractivity (Wildman–Crippen MR) is 252 cm³/mol. The standard InChI is InChI=1S/C52H66N2O15/c53-19-20-66-44-17-14-33(21-42(44)61)13-16-39(58)31-68-51(49(64)65)26-43(62)48-52(46(29-57)54-38-9-5-2-6-10-38)45(51)24-37(28-56)50(69-52,25-34(30-67-48)12-11-32-7-3-1-4-8-32)47(63)18-15-35-22-40(59)41(60)23-36(35)27-55/h1,3-4,7-8,13-18,21-23,34,37-38,43,45-46,48,54-57,59-62H,2,5-6,9-12,19-20,24-31,53H2,(H,64,65)/b16-13+,18-15+/t34-,37-,43-,45-,46+,48-,50-,51+,52+/m1/s1. The normalized spacial score (nSPS) is 28.8. The maximum absolute atomic E-state index is 15.4. The first-order valence-electron chi connectivity index (χ1n) is 23.9. The predicted octanol–water partition coefficient (Wildman–Crippen LogP) is 3.55. The summed E-state index contributed by atoms with van der Waals surface area (Å²) in [6.07, 6.45) is 6.49. The lowest BCUT2D eigenvalue weighted by Gasteiger charge is -2.66. The zero-order valence-corrected chi connectivity index (χ0v) is 38.7. The number of carboxylic acids is 1. The second-order valence-corrected chi connectivity index (χ2v) is 18.9. The Morgan fingerprint density at radius 1 is 0.913 bits per heavy atom. The molecule has 69 heavy (non-hydrogen) atoms. The first-order chi connectivity index (χ1) is 33.2. The minimum atomic E-state index is -2.41. The Bertz CT molecular complexity index is 2320. The molecule has 3 aromatic rings. The van der Waals surface area contributed by atoms with Gasteiger partial charge in [-0.25, -0.2) is 4.79 Å². The number of nitrogens with two attached hydrogens (primary N) is 1. The summed E-state index contributed by atoms with van der Waals surface area (Å²) in [6, 6.07) is 15.2. The van der Waals surface area contributed by atoms with Gasteiger partial charge in [0.1, 0.15) is 30.5 Å². The molecule has 0 spiro atoms. The van der Waals surface area contributed by atoms with E-state index >= 15 is 4.79 Å². The molecule has 374 valence electrons. The summed E-state index contributed by atoms with van der Waals surface area (Å²) in [5.41, 5.74) is 0.931. The second-order valence-electron chi connectivity index (χ2n) is 18.9. The number of carbonyl (C=O) groups excluding carboxylic acids is 2. The number of carbonyl (C=O) groups is 3. The monoisotopic (exact) mass is 958 g/mol. The second kappa shape index (κ2) is 22.7. The van der Waals surface area contributed by atoms with Gasteiger partial charge in [-0.2, -0.15) is 0 Å². The number of ether oxygens (including phenoxy) is 4. The van der Waals surface area contributed by atoms with E-state index in [9.17, 15) is 50.4 Å². The molecule has 4 fully saturated rings. The van der Waals surface area contributed by atoms with Gasteiger partial charge < -0.3 is 70.9 Å². The molecular weight excluding hydrogens is 893 g/mol. The molecule has 17 heteroatoms. The lowest BCUT2D eigenvalue weighted by atomic mass is 9.53. The number of aliphatic hydroxyl groups is 4. The van der Waals surface area contributed by atoms with Crippen LogP contribution in [0.25, 0.3) is 12.2 Å². The number of hydrogen-bond donors (Lipinski definition) is 10. The molecule has 2 heterocycles. The highest BCUT2D eigenvalue weighted by atomic mass is 16.6. The number of nitrogens with one attached hydrogen (secondary N) is 1. The van der Waals surface area contributed by atoms with Crippen LogP contribution in [0.1, 0.15) is 80.0 Å². The maximum Gasteiger partial charge on any atom is 0.336 e. The Morgan fingerprint density at radius 3 is 2.35 bits per heavy atom. The minimum absolute atomic E-state index is 0.0226. The number of phenols is 3. The Balaban J connectivity index is 1.33. The zero-order chi connectivity index (χ0) is 49.3. The SMILES string of the molecule is NCCOc1ccc(/C=C/C(=O)CO[C@@]2(C(=O)O)C[C@@H](O)[C@H]3OC[C@H](CCc4ccccc4)C[C@@]4(C(=O)/C=C/c5cc(O)c(O)cc5CO)O[C@]3([C@H](CO)NC3CCCCC3)[C@@H]2C[C@@H]4CO)cc1O. The van der Waals surface area contributed by atoms with Gasteiger partial charge in [0.15, 0.2) is 40.2 Å². The van der Waals surface area contributed by atoms with Crippen molar-refractivity contribution in [3.63, 3.8) is 0 Å². The summed E-state index contributed by atoms with van der Waals surface area (Å²) >= 11 is 0. The molecule has 0 amide bonds. The first-order valence-corrected chi connectivity index (χ1v) is 23.9. The highest BCUT2D eigenvalue weighted by molar-refractivity contribution is 6.01. The quantitative estimate of drug-likeness (QED) is 0.0540. The average molecular weight is 959 g/mol. The van der Waals surface area contributed by atoms with Gasteiger partial charge in [0, 0.05) is 37.5 Å². The largest absolute Gasteiger partial charge is 0.504 e. The summed E-state index contributed by atoms with van der Waals surface area (Å²) in [4.78, 5) is 43.1. The Hall–Kier alpha value is -5.21. The molecule has 7 rings (SSSR count). The van der Waals surface area contributed by atoms with Crippen LogP contribution in [0.3, 0.4) is 0 Å². The third kappa shape index (κ3) is 10.9. The lowest BCUT2D eigenvalue weighted by Crippen LogP contribution is -2.83. The van der Waals surface area contributed by atoms with Crippen molar-refractivity contribution < 1.29 is 74.2 Å². The highest BCUT2D eigenvalue weighted by Crippen LogP contribution is 2.60. The molecule has 3 aromatic carbocycles. The number of aryl methyl sites for hydroxylation is 1. The van der Waals surface area contributed by atoms with E-state index < -0.39 is 115 Å². The molecule has 2 bridgehead atoms. The van der Waals surface area contributed by atoms with E-state index in [1.807, 2.05) is 30.3 Å². The van der Waals surface area contributed by atoms with Crippen molar-refractivity contribution in [2.45, 2.75) is 112 Å². The van der Waals surface area contributed by atoms with E-state index in [-0.39, 0.29) is 61.3 Å². The minimum Gasteiger partial charge on any atom is -0.504 e. The molecule has 2 saturated heterocycles. The van der Waals surface area contributed by atoms with Crippen LogP contribution in [-0.4, -0.2) is 139 Å². The molecule has 2 saturated carbocycles. The number of rotatable bonds is 21. The van der Waals surface area contributed by atoms with Crippen molar-refractivity contribution in [1.29, 1.82) is 0 Å². The van der Waals surface area contributed by atoms with Crippen molar-refractivity contribution in [3.05, 3.63) is 95.1 Å². The Morgan fingerprint density at radius 2 is 1.67 bits per heavy atom. The number of aromatic hydroxyl groups is 3. The van der Waals surface area contributed by atoms with Crippen molar-refractivity contribution in [1.82, 2.24) is 5.32 Å². The fraction of sp³-hybridized carbons (Fsp3) is 0.519. The van der Waals surface area contributed by atoms with Crippen LogP contribution in [0, 0.1) is 17.8 Å². The molecule has 9 atom stereocenters. The van der Waals surface area contributed by atoms with Crippen LogP contribution in [0.2, 0.25) is 0 Å². The van der Waals surface area contributed by atoms with Crippen molar-refractivity contribution in [2.24, 2.45) is 23.5 Å². The topological polar surface area (TPSA) is 288 Å². The van der Waals surface area contributed by atoms with Crippen LogP contribution >= 0.6 is 0 Å². The maximum atomic E-state index is 15.4. The summed E-state index contributed by atoms with van der Waals surface area (Å²) in [6.45, 7) is -2.28. The van der Waals surface area contributed by atoms with Crippen LogP contribution < -0.4 is 15.8 Å². The number of aliphatic hydroxyl groups excluding tert-OH is 4. The smallest absolute Gasteiger partial charge is 0.336 e. The molecule has 0 aromatic heterocycles. The van der Waals surface area contributed by atoms with Crippen molar-refractivity contribution >= 4 is 29.7 Å². The van der Waals surface area contributed by atoms with Gasteiger partial charge >= 0.3 is 5.97 Å². The Labute approximate surface area is 401 Å². The van der Waals surface area contributed by atoms with Gasteiger partial charge in [-0.05, 0) is 103 Å². The summed E-state index contributed by atoms with van der Waals surface area (Å²) < 4.78 is 25.9. The first kappa shape index (κ1) is 51.6. The summed E-state index contributed by atoms with van der Waals surface area (Å²) in [7, 11) is 0. The lowest BCUT2D eigenvalue weighted by molar-refractivity contribution is -0.356. The highest BCUT2D eigenvalue weighted by Gasteiger charge is 2.75. The fourth-order valence-electron chi connectivity index (χ4n) is 11.2. The van der Waals surface area contributed by atoms with Gasteiger partial charge in [0.25, 0.3) is 0 Å². The molecule has 2 aliphatic heterocycles. The van der Waals surface area contributed by atoms with E-state index in [1.165, 1.54) is 42.5 Å². The molecular formula is C52H66N2O15. The van der Waals surface area contributed by atoms with E-state index in [0.29, 0.717) is 31.2 Å². The number of aliphatic carboxylic acids is 1. The average Bonchev–Trinajstić information content (AvgIpc) is 3.34. The molecule has 17 nitrogen and oxygen atoms in total. The molecule has 11 N–H and O–H groups in total. The van der Waals surface area contributed by atoms with Gasteiger partial charge in [0.05, 0.1) is 32.0 Å². The van der Waals surface area contributed by atoms with E-state index in [4.69, 9.17) is 24.7 Å². The van der Waals surface area contributed by atoms with Gasteiger partial charge in [-0.1, -0.05) is 67.8 Å². The molecule has 2 aliphatic carbocycles. The summed E-state index contributed by atoms with van der Waals surface area (Å²) in [5, 5.41) is 91.7. The Kier molecular flexibility index (Phi) is 17.0. The van der Waals surface area contributed by atoms with Gasteiger partial charge in [-0.15, -0.1) is 0 Å². The number of hydrogen-bond acceptors (Lipinski definition) is 16. The number of carboxylic acid groups (broad SMARTS) is 1. The number of fused-ring (bicyclic) bond motifs is 1. The molecule has 0 unspecified atom stereocenters. The third-order valence-electron chi connectivity index (χ3n) is 14.6. The molecule has 0 radical (unpaired) electrons. The van der Waals surface area contributed by atoms with Crippen LogP contribution in [0.5, 0.6) is 23.0 Å². The number of phenolic OH excluding ortho intramolecular Hbond substituents is 3. The fourth-order valence-corrected chi connectivity index (χ4v) is 11.2. The van der Waals surface area contributed by atoms with E-state index in [1.54, 1.807) is 6.07 Å². The number of ketones is 2. The van der Waals surface area contributed by atoms with Crippen molar-refractivity contribution in [3.8, 4) is 23.0 Å². The van der Waals surface area contributed by atoms with Gasteiger partial charge in [0.2, 0.25) is 0 Å². The van der Waals surface area contributed by atoms with Crippen molar-refractivity contribution in [2.75, 3.05) is 39.6 Å². The van der Waals surface area contributed by atoms with Crippen LogP contribution in [0.4, 0.5) is 0 Å². The zero-order valence-electron chi connectivity index (χ0n) is 38.7. The van der Waals surface area contributed by atoms with E-state index in [0.717, 1.165) is 30.9 Å². The number of benzene rings is 3. The third-order valence-corrected chi connectivity index (χ3v) is 14.6.